The van der Waals surface area contributed by atoms with Crippen LogP contribution in [0.25, 0.3) is 22.3 Å². The van der Waals surface area contributed by atoms with Crippen LogP contribution >= 0.6 is 0 Å². The van der Waals surface area contributed by atoms with Gasteiger partial charge in [0.1, 0.15) is 22.9 Å². The third-order valence-corrected chi connectivity index (χ3v) is 11.2. The predicted octanol–water partition coefficient (Wildman–Crippen LogP) is 6.11. The van der Waals surface area contributed by atoms with Gasteiger partial charge in [0.05, 0.1) is 29.5 Å². The summed E-state index contributed by atoms with van der Waals surface area (Å²) in [5, 5.41) is 5.56. The number of rotatable bonds is 9. The van der Waals surface area contributed by atoms with E-state index in [2.05, 4.69) is 57.4 Å². The van der Waals surface area contributed by atoms with Crippen LogP contribution in [0.1, 0.15) is 68.4 Å². The SMILES string of the molecule is Cc1nc2c(F)cc(-c3nc(Nc4ccc(N5CCC(N6CCN(Cc7cccc(C8CCC(=O)NC8=O)c7)CC6)CC5)cn4)ncc3F)cc2n1C(C)C. The van der Waals surface area contributed by atoms with Gasteiger partial charge in [-0.2, -0.15) is 0 Å². The van der Waals surface area contributed by atoms with Gasteiger partial charge in [0.2, 0.25) is 17.8 Å². The first kappa shape index (κ1) is 36.6. The van der Waals surface area contributed by atoms with Crippen LogP contribution in [0.2, 0.25) is 0 Å². The molecule has 0 spiro atoms. The molecule has 3 saturated heterocycles. The molecule has 2 N–H and O–H groups in total. The molecular formula is C41H46F2N10O2. The van der Waals surface area contributed by atoms with Crippen LogP contribution in [0.15, 0.2) is 60.9 Å². The summed E-state index contributed by atoms with van der Waals surface area (Å²) in [5.74, 6) is -0.461. The second-order valence-corrected chi connectivity index (χ2v) is 15.1. The highest BCUT2D eigenvalue weighted by molar-refractivity contribution is 6.00. The molecular weight excluding hydrogens is 703 g/mol. The van der Waals surface area contributed by atoms with Crippen LogP contribution in [0, 0.1) is 18.6 Å². The fraction of sp³-hybridized carbons (Fsp3) is 0.415. The van der Waals surface area contributed by atoms with Crippen molar-refractivity contribution >= 4 is 40.3 Å². The number of imide groups is 1. The average Bonchev–Trinajstić information content (AvgIpc) is 3.53. The van der Waals surface area contributed by atoms with Gasteiger partial charge in [0.15, 0.2) is 11.6 Å². The minimum Gasteiger partial charge on any atom is -0.370 e. The van der Waals surface area contributed by atoms with E-state index in [1.807, 2.05) is 55.8 Å². The number of hydrogen-bond donors (Lipinski definition) is 2. The summed E-state index contributed by atoms with van der Waals surface area (Å²) in [6.07, 6.45) is 6.01. The summed E-state index contributed by atoms with van der Waals surface area (Å²) in [7, 11) is 0. The second kappa shape index (κ2) is 15.4. The number of hydrogen-bond acceptors (Lipinski definition) is 10. The van der Waals surface area contributed by atoms with E-state index in [4.69, 9.17) is 0 Å². The molecule has 1 unspecified atom stereocenters. The van der Waals surface area contributed by atoms with Gasteiger partial charge >= 0.3 is 0 Å². The number of halogens is 2. The number of fused-ring (bicyclic) bond motifs is 1. The molecule has 0 radical (unpaired) electrons. The van der Waals surface area contributed by atoms with Crippen LogP contribution in [-0.2, 0) is 16.1 Å². The van der Waals surface area contributed by atoms with Crippen molar-refractivity contribution in [3.05, 3.63) is 89.5 Å². The number of anilines is 3. The maximum atomic E-state index is 15.1. The Balaban J connectivity index is 0.836. The Labute approximate surface area is 319 Å². The summed E-state index contributed by atoms with van der Waals surface area (Å²) in [5.41, 5.74) is 4.35. The van der Waals surface area contributed by atoms with Crippen LogP contribution in [-0.4, -0.2) is 91.4 Å². The normalized spacial score (nSPS) is 19.0. The van der Waals surface area contributed by atoms with Crippen molar-refractivity contribution in [2.24, 2.45) is 0 Å². The third-order valence-electron chi connectivity index (χ3n) is 11.2. The molecule has 3 aromatic heterocycles. The number of imidazole rings is 1. The summed E-state index contributed by atoms with van der Waals surface area (Å²) < 4.78 is 32.1. The summed E-state index contributed by atoms with van der Waals surface area (Å²) in [4.78, 5) is 49.0. The first-order valence-corrected chi connectivity index (χ1v) is 19.2. The fourth-order valence-corrected chi connectivity index (χ4v) is 8.40. The number of amides is 2. The van der Waals surface area contributed by atoms with E-state index in [9.17, 15) is 9.59 Å². The second-order valence-electron chi connectivity index (χ2n) is 15.1. The summed E-state index contributed by atoms with van der Waals surface area (Å²) in [6, 6.07) is 15.7. The van der Waals surface area contributed by atoms with Crippen molar-refractivity contribution in [3.8, 4) is 11.3 Å². The van der Waals surface area contributed by atoms with Crippen molar-refractivity contribution < 1.29 is 18.4 Å². The van der Waals surface area contributed by atoms with E-state index in [1.54, 1.807) is 6.07 Å². The number of carbonyl (C=O) groups excluding carboxylic acids is 2. The van der Waals surface area contributed by atoms with E-state index in [0.29, 0.717) is 41.6 Å². The number of pyridine rings is 1. The molecule has 286 valence electrons. The Morgan fingerprint density at radius 2 is 1.69 bits per heavy atom. The molecule has 3 aliphatic heterocycles. The number of piperazine rings is 1. The van der Waals surface area contributed by atoms with Gasteiger partial charge in [-0.05, 0) is 75.4 Å². The number of benzene rings is 2. The van der Waals surface area contributed by atoms with Crippen LogP contribution in [0.4, 0.5) is 26.2 Å². The zero-order chi connectivity index (χ0) is 38.2. The van der Waals surface area contributed by atoms with E-state index in [1.165, 1.54) is 11.6 Å². The van der Waals surface area contributed by atoms with Gasteiger partial charge in [0.25, 0.3) is 0 Å². The number of aryl methyl sites for hydroxylation is 1. The first-order valence-electron chi connectivity index (χ1n) is 19.2. The highest BCUT2D eigenvalue weighted by atomic mass is 19.1. The lowest BCUT2D eigenvalue weighted by molar-refractivity contribution is -0.134. The Morgan fingerprint density at radius 1 is 0.891 bits per heavy atom. The molecule has 6 heterocycles. The van der Waals surface area contributed by atoms with Crippen molar-refractivity contribution in [3.63, 3.8) is 0 Å². The first-order chi connectivity index (χ1) is 26.6. The van der Waals surface area contributed by atoms with Crippen molar-refractivity contribution in [1.82, 2.24) is 39.6 Å². The molecule has 0 bridgehead atoms. The molecule has 14 heteroatoms. The van der Waals surface area contributed by atoms with Gasteiger partial charge in [0, 0.05) is 69.9 Å². The Morgan fingerprint density at radius 3 is 2.42 bits per heavy atom. The van der Waals surface area contributed by atoms with Crippen LogP contribution < -0.4 is 15.5 Å². The molecule has 12 nitrogen and oxygen atoms in total. The molecule has 1 atom stereocenters. The Hall–Kier alpha value is -5.34. The lowest BCUT2D eigenvalue weighted by Crippen LogP contribution is -2.53. The minimum atomic E-state index is -0.653. The largest absolute Gasteiger partial charge is 0.370 e. The number of aromatic nitrogens is 5. The number of nitrogens with one attached hydrogen (secondary N) is 2. The number of piperidine rings is 2. The van der Waals surface area contributed by atoms with Crippen LogP contribution in [0.3, 0.4) is 0 Å². The molecule has 0 saturated carbocycles. The average molecular weight is 749 g/mol. The molecule has 8 rings (SSSR count). The van der Waals surface area contributed by atoms with E-state index < -0.39 is 11.6 Å². The van der Waals surface area contributed by atoms with Gasteiger partial charge in [-0.15, -0.1) is 0 Å². The lowest BCUT2D eigenvalue weighted by Gasteiger charge is -2.43. The van der Waals surface area contributed by atoms with Gasteiger partial charge in [-0.25, -0.2) is 28.7 Å². The quantitative estimate of drug-likeness (QED) is 0.171. The van der Waals surface area contributed by atoms with Crippen molar-refractivity contribution in [2.75, 3.05) is 49.5 Å². The smallest absolute Gasteiger partial charge is 0.234 e. The molecule has 5 aromatic rings. The van der Waals surface area contributed by atoms with E-state index in [0.717, 1.165) is 76.1 Å². The summed E-state index contributed by atoms with van der Waals surface area (Å²) in [6.45, 7) is 12.6. The van der Waals surface area contributed by atoms with Crippen molar-refractivity contribution in [1.29, 1.82) is 0 Å². The van der Waals surface area contributed by atoms with Crippen molar-refractivity contribution in [2.45, 2.75) is 71.0 Å². The highest BCUT2D eigenvalue weighted by Crippen LogP contribution is 2.31. The summed E-state index contributed by atoms with van der Waals surface area (Å²) >= 11 is 0. The molecule has 2 aromatic carbocycles. The van der Waals surface area contributed by atoms with Gasteiger partial charge in [-0.1, -0.05) is 24.3 Å². The topological polar surface area (TPSA) is 124 Å². The van der Waals surface area contributed by atoms with E-state index >= 15 is 8.78 Å². The lowest BCUT2D eigenvalue weighted by atomic mass is 9.89. The zero-order valence-electron chi connectivity index (χ0n) is 31.4. The fourth-order valence-electron chi connectivity index (χ4n) is 8.40. The van der Waals surface area contributed by atoms with Crippen LogP contribution in [0.5, 0.6) is 0 Å². The maximum Gasteiger partial charge on any atom is 0.234 e. The molecule has 0 aliphatic carbocycles. The molecule has 3 aliphatic rings. The monoisotopic (exact) mass is 748 g/mol. The third kappa shape index (κ3) is 7.78. The number of nitrogens with zero attached hydrogens (tertiary/aromatic N) is 8. The van der Waals surface area contributed by atoms with E-state index in [-0.39, 0.29) is 40.9 Å². The minimum absolute atomic E-state index is 0.00909. The predicted molar refractivity (Wildman–Crippen MR) is 207 cm³/mol. The number of carbonyl (C=O) groups is 2. The van der Waals surface area contributed by atoms with Gasteiger partial charge < -0.3 is 14.8 Å². The highest BCUT2D eigenvalue weighted by Gasteiger charge is 2.30. The Kier molecular flexibility index (Phi) is 10.3. The molecule has 2 amide bonds. The standard InChI is InChI=1S/C41H46F2N10O2/c1-25(2)53-26(3)46-39-33(42)20-29(21-35(39)53)38-34(43)23-45-41(49-38)47-36-9-7-31(22-44-36)51-13-11-30(12-14-51)52-17-15-50(16-18-52)24-27-5-4-6-28(19-27)32-8-10-37(54)48-40(32)55/h4-7,9,19-23,25,30,32H,8,10-18,24H2,1-3H3,(H,48,54,55)(H,44,45,47,49). The molecule has 55 heavy (non-hydrogen) atoms. The maximum absolute atomic E-state index is 15.1. The Bertz CT molecular complexity index is 2210. The zero-order valence-corrected chi connectivity index (χ0v) is 31.4. The molecule has 3 fully saturated rings. The van der Waals surface area contributed by atoms with Gasteiger partial charge in [-0.3, -0.25) is 24.7 Å².